The molecule has 0 aliphatic carbocycles. The molecule has 1 aliphatic rings. The van der Waals surface area contributed by atoms with Crippen molar-refractivity contribution >= 4 is 27.7 Å². The highest BCUT2D eigenvalue weighted by molar-refractivity contribution is 9.10. The minimum Gasteiger partial charge on any atom is -0.496 e. The summed E-state index contributed by atoms with van der Waals surface area (Å²) < 4.78 is 5.90. The Morgan fingerprint density at radius 2 is 2.00 bits per heavy atom. The monoisotopic (exact) mass is 354 g/mol. The first-order valence-electron chi connectivity index (χ1n) is 6.91. The first kappa shape index (κ1) is 15.8. The molecular weight excluding hydrogens is 336 g/mol. The highest BCUT2D eigenvalue weighted by atomic mass is 79.9. The molecule has 2 rings (SSSR count). The lowest BCUT2D eigenvalue weighted by atomic mass is 10.0. The number of carbonyl (C=O) groups excluding carboxylic acids is 2. The molecule has 0 aromatic heterocycles. The molecule has 0 saturated carbocycles. The van der Waals surface area contributed by atoms with Crippen LogP contribution in [0.1, 0.15) is 30.1 Å². The average molecular weight is 355 g/mol. The van der Waals surface area contributed by atoms with Gasteiger partial charge in [0.25, 0.3) is 5.91 Å². The van der Waals surface area contributed by atoms with Gasteiger partial charge in [0.1, 0.15) is 5.75 Å². The number of nitrogens with one attached hydrogen (secondary N) is 1. The van der Waals surface area contributed by atoms with E-state index in [0.717, 1.165) is 17.3 Å². The molecule has 1 aromatic carbocycles. The summed E-state index contributed by atoms with van der Waals surface area (Å²) in [5, 5.41) is 3.02. The van der Waals surface area contributed by atoms with E-state index in [0.29, 0.717) is 24.4 Å². The third-order valence-corrected chi connectivity index (χ3v) is 4.31. The number of benzene rings is 1. The maximum atomic E-state index is 12.2. The van der Waals surface area contributed by atoms with Crippen molar-refractivity contribution in [1.82, 2.24) is 10.2 Å². The molecule has 0 bridgehead atoms. The quantitative estimate of drug-likeness (QED) is 0.904. The standard InChI is InChI=1S/C15H19BrN2O3/c1-10(19)18-7-5-12(6-8-18)17-15(20)11-3-4-14(21-2)13(16)9-11/h3-4,9,12H,5-8H2,1-2H3,(H,17,20). The van der Waals surface area contributed by atoms with Gasteiger partial charge >= 0.3 is 0 Å². The average Bonchev–Trinajstić information content (AvgIpc) is 2.47. The van der Waals surface area contributed by atoms with Crippen molar-refractivity contribution in [2.24, 2.45) is 0 Å². The van der Waals surface area contributed by atoms with Crippen LogP contribution in [-0.2, 0) is 4.79 Å². The molecule has 0 atom stereocenters. The number of halogens is 1. The van der Waals surface area contributed by atoms with Crippen molar-refractivity contribution in [3.63, 3.8) is 0 Å². The fourth-order valence-electron chi connectivity index (χ4n) is 2.42. The summed E-state index contributed by atoms with van der Waals surface area (Å²) in [6, 6.07) is 5.37. The summed E-state index contributed by atoms with van der Waals surface area (Å²) in [5.74, 6) is 0.694. The van der Waals surface area contributed by atoms with E-state index in [-0.39, 0.29) is 17.9 Å². The Labute approximate surface area is 132 Å². The molecule has 0 unspecified atom stereocenters. The van der Waals surface area contributed by atoms with Crippen molar-refractivity contribution in [2.75, 3.05) is 20.2 Å². The van der Waals surface area contributed by atoms with Crippen molar-refractivity contribution in [3.8, 4) is 5.75 Å². The summed E-state index contributed by atoms with van der Waals surface area (Å²) in [6.07, 6.45) is 1.59. The summed E-state index contributed by atoms with van der Waals surface area (Å²) in [7, 11) is 1.59. The van der Waals surface area contributed by atoms with Gasteiger partial charge in [0, 0.05) is 31.6 Å². The molecule has 21 heavy (non-hydrogen) atoms. The number of hydrogen-bond acceptors (Lipinski definition) is 3. The molecule has 1 fully saturated rings. The van der Waals surface area contributed by atoms with Crippen molar-refractivity contribution in [1.29, 1.82) is 0 Å². The molecule has 0 radical (unpaired) electrons. The van der Waals surface area contributed by atoms with Gasteiger partial charge in [-0.2, -0.15) is 0 Å². The van der Waals surface area contributed by atoms with E-state index < -0.39 is 0 Å². The van der Waals surface area contributed by atoms with Gasteiger partial charge in [0.2, 0.25) is 5.91 Å². The van der Waals surface area contributed by atoms with E-state index in [1.54, 1.807) is 32.2 Å². The van der Waals surface area contributed by atoms with Gasteiger partial charge in [0.05, 0.1) is 11.6 Å². The third kappa shape index (κ3) is 3.97. The molecule has 1 saturated heterocycles. The normalized spacial score (nSPS) is 15.7. The Morgan fingerprint density at radius 3 is 2.52 bits per heavy atom. The number of carbonyl (C=O) groups is 2. The number of amides is 2. The van der Waals surface area contributed by atoms with Crippen LogP contribution in [-0.4, -0.2) is 43.0 Å². The van der Waals surface area contributed by atoms with E-state index in [9.17, 15) is 9.59 Å². The van der Waals surface area contributed by atoms with Crippen LogP contribution in [0.5, 0.6) is 5.75 Å². The predicted molar refractivity (Wildman–Crippen MR) is 83.4 cm³/mol. The van der Waals surface area contributed by atoms with Crippen LogP contribution in [0, 0.1) is 0 Å². The highest BCUT2D eigenvalue weighted by Crippen LogP contribution is 2.25. The van der Waals surface area contributed by atoms with Gasteiger partial charge in [-0.25, -0.2) is 0 Å². The summed E-state index contributed by atoms with van der Waals surface area (Å²) in [5.41, 5.74) is 0.594. The molecule has 1 N–H and O–H groups in total. The third-order valence-electron chi connectivity index (χ3n) is 3.69. The fraction of sp³-hybridized carbons (Fsp3) is 0.467. The van der Waals surface area contributed by atoms with E-state index in [4.69, 9.17) is 4.74 Å². The number of hydrogen-bond donors (Lipinski definition) is 1. The zero-order valence-corrected chi connectivity index (χ0v) is 13.8. The number of piperidine rings is 1. The first-order valence-corrected chi connectivity index (χ1v) is 7.70. The van der Waals surface area contributed by atoms with E-state index in [1.165, 1.54) is 0 Å². The Morgan fingerprint density at radius 1 is 1.33 bits per heavy atom. The summed E-state index contributed by atoms with van der Waals surface area (Å²) >= 11 is 3.38. The van der Waals surface area contributed by atoms with E-state index >= 15 is 0 Å². The second-order valence-electron chi connectivity index (χ2n) is 5.10. The lowest BCUT2D eigenvalue weighted by Gasteiger charge is -2.31. The summed E-state index contributed by atoms with van der Waals surface area (Å²) in [4.78, 5) is 25.3. The number of ether oxygens (including phenoxy) is 1. The van der Waals surface area contributed by atoms with E-state index in [2.05, 4.69) is 21.2 Å². The Balaban J connectivity index is 1.93. The maximum Gasteiger partial charge on any atom is 0.251 e. The Bertz CT molecular complexity index is 540. The highest BCUT2D eigenvalue weighted by Gasteiger charge is 2.22. The fourth-order valence-corrected chi connectivity index (χ4v) is 2.96. The number of rotatable bonds is 3. The molecule has 1 heterocycles. The van der Waals surface area contributed by atoms with Crippen LogP contribution < -0.4 is 10.1 Å². The van der Waals surface area contributed by atoms with Crippen LogP contribution in [0.15, 0.2) is 22.7 Å². The molecular formula is C15H19BrN2O3. The second kappa shape index (κ2) is 6.93. The summed E-state index contributed by atoms with van der Waals surface area (Å²) in [6.45, 7) is 2.98. The number of methoxy groups -OCH3 is 1. The second-order valence-corrected chi connectivity index (χ2v) is 5.96. The Hall–Kier alpha value is -1.56. The molecule has 5 nitrogen and oxygen atoms in total. The van der Waals surface area contributed by atoms with Gasteiger partial charge in [-0.3, -0.25) is 9.59 Å². The lowest BCUT2D eigenvalue weighted by Crippen LogP contribution is -2.46. The SMILES string of the molecule is COc1ccc(C(=O)NC2CCN(C(C)=O)CC2)cc1Br. The van der Waals surface area contributed by atoms with E-state index in [1.807, 2.05) is 4.90 Å². The zero-order chi connectivity index (χ0) is 15.4. The van der Waals surface area contributed by atoms with Crippen LogP contribution in [0.4, 0.5) is 0 Å². The predicted octanol–water partition coefficient (Wildman–Crippen LogP) is 2.20. The first-order chi connectivity index (χ1) is 10.0. The van der Waals surface area contributed by atoms with Gasteiger partial charge in [-0.1, -0.05) is 0 Å². The van der Waals surface area contributed by atoms with Crippen molar-refractivity contribution < 1.29 is 14.3 Å². The molecule has 2 amide bonds. The van der Waals surface area contributed by atoms with Crippen LogP contribution in [0.25, 0.3) is 0 Å². The molecule has 0 spiro atoms. The van der Waals surface area contributed by atoms with Crippen molar-refractivity contribution in [3.05, 3.63) is 28.2 Å². The zero-order valence-electron chi connectivity index (χ0n) is 12.2. The number of nitrogens with zero attached hydrogens (tertiary/aromatic N) is 1. The van der Waals surface area contributed by atoms with Crippen LogP contribution in [0.2, 0.25) is 0 Å². The largest absolute Gasteiger partial charge is 0.496 e. The maximum absolute atomic E-state index is 12.2. The minimum absolute atomic E-state index is 0.0962. The van der Waals surface area contributed by atoms with Gasteiger partial charge in [0.15, 0.2) is 0 Å². The van der Waals surface area contributed by atoms with Gasteiger partial charge in [-0.05, 0) is 47.0 Å². The van der Waals surface area contributed by atoms with Crippen LogP contribution in [0.3, 0.4) is 0 Å². The van der Waals surface area contributed by atoms with Crippen molar-refractivity contribution in [2.45, 2.75) is 25.8 Å². The molecule has 114 valence electrons. The molecule has 6 heteroatoms. The van der Waals surface area contributed by atoms with Gasteiger partial charge in [-0.15, -0.1) is 0 Å². The Kier molecular flexibility index (Phi) is 5.22. The van der Waals surface area contributed by atoms with Gasteiger partial charge < -0.3 is 15.0 Å². The lowest BCUT2D eigenvalue weighted by molar-refractivity contribution is -0.129. The smallest absolute Gasteiger partial charge is 0.251 e. The minimum atomic E-state index is -0.0976. The number of likely N-dealkylation sites (tertiary alicyclic amines) is 1. The van der Waals surface area contributed by atoms with Crippen LogP contribution >= 0.6 is 15.9 Å². The molecule has 1 aromatic rings. The topological polar surface area (TPSA) is 58.6 Å². The molecule has 1 aliphatic heterocycles.